The van der Waals surface area contributed by atoms with E-state index < -0.39 is 8.32 Å². The summed E-state index contributed by atoms with van der Waals surface area (Å²) in [5.74, 6) is 0.942. The second kappa shape index (κ2) is 5.61. The summed E-state index contributed by atoms with van der Waals surface area (Å²) in [7, 11) is -0.144. The minimum atomic E-state index is -1.79. The monoisotopic (exact) mass is 264 g/mol. The van der Waals surface area contributed by atoms with Gasteiger partial charge in [0.1, 0.15) is 5.75 Å². The van der Waals surface area contributed by atoms with Crippen molar-refractivity contribution in [3.8, 4) is 5.75 Å². The molecule has 1 rings (SSSR count). The fraction of sp³-hybridized carbons (Fsp3) is 0.467. The maximum Gasteiger partial charge on any atom is 0.250 e. The molecule has 0 unspecified atom stereocenters. The number of rotatable bonds is 4. The predicted octanol–water partition coefficient (Wildman–Crippen LogP) is 4.69. The molecule has 1 aromatic carbocycles. The molecule has 0 amide bonds. The minimum Gasteiger partial charge on any atom is -0.543 e. The van der Waals surface area contributed by atoms with Gasteiger partial charge in [-0.05, 0) is 30.3 Å². The van der Waals surface area contributed by atoms with Crippen LogP contribution in [0.3, 0.4) is 0 Å². The standard InChI is InChI=1S/C15H24O2Si/c1-15(2,3)18(5,6)17-14-10-8-7-9-13(14)11-12-16-4/h7-12H,1-6H3/b12-11+. The van der Waals surface area contributed by atoms with Crippen LogP contribution in [0.25, 0.3) is 6.08 Å². The summed E-state index contributed by atoms with van der Waals surface area (Å²) in [5.41, 5.74) is 1.06. The summed E-state index contributed by atoms with van der Waals surface area (Å²) in [6.45, 7) is 11.2. The zero-order valence-corrected chi connectivity index (χ0v) is 13.3. The molecule has 1 aromatic rings. The van der Waals surface area contributed by atoms with Gasteiger partial charge in [0.05, 0.1) is 13.4 Å². The average molecular weight is 264 g/mol. The third kappa shape index (κ3) is 3.64. The largest absolute Gasteiger partial charge is 0.543 e. The molecule has 0 aromatic heterocycles. The van der Waals surface area contributed by atoms with Gasteiger partial charge in [-0.1, -0.05) is 39.0 Å². The Labute approximate surface area is 112 Å². The molecule has 0 atom stereocenters. The van der Waals surface area contributed by atoms with Gasteiger partial charge in [-0.25, -0.2) is 0 Å². The Morgan fingerprint density at radius 2 is 1.72 bits per heavy atom. The smallest absolute Gasteiger partial charge is 0.250 e. The molecule has 18 heavy (non-hydrogen) atoms. The highest BCUT2D eigenvalue weighted by molar-refractivity contribution is 6.74. The number of hydrogen-bond acceptors (Lipinski definition) is 2. The first-order chi connectivity index (χ1) is 8.28. The van der Waals surface area contributed by atoms with Crippen molar-refractivity contribution in [2.75, 3.05) is 7.11 Å². The first kappa shape index (κ1) is 14.8. The Balaban J connectivity index is 3.01. The van der Waals surface area contributed by atoms with E-state index in [9.17, 15) is 0 Å². The molecule has 100 valence electrons. The van der Waals surface area contributed by atoms with Crippen LogP contribution in [0.15, 0.2) is 30.5 Å². The highest BCUT2D eigenvalue weighted by atomic mass is 28.4. The fourth-order valence-electron chi connectivity index (χ4n) is 1.28. The van der Waals surface area contributed by atoms with Crippen molar-refractivity contribution in [3.63, 3.8) is 0 Å². The lowest BCUT2D eigenvalue weighted by Crippen LogP contribution is -2.44. The Kier molecular flexibility index (Phi) is 4.63. The van der Waals surface area contributed by atoms with E-state index >= 15 is 0 Å². The zero-order chi connectivity index (χ0) is 13.8. The van der Waals surface area contributed by atoms with E-state index in [1.54, 1.807) is 13.4 Å². The molecular formula is C15H24O2Si. The van der Waals surface area contributed by atoms with Crippen molar-refractivity contribution < 1.29 is 9.16 Å². The van der Waals surface area contributed by atoms with Gasteiger partial charge in [0.25, 0.3) is 8.32 Å². The van der Waals surface area contributed by atoms with E-state index in [4.69, 9.17) is 9.16 Å². The summed E-state index contributed by atoms with van der Waals surface area (Å²) in [6.07, 6.45) is 3.61. The lowest BCUT2D eigenvalue weighted by molar-refractivity contribution is 0.341. The quantitative estimate of drug-likeness (QED) is 0.580. The van der Waals surface area contributed by atoms with Gasteiger partial charge in [0.15, 0.2) is 0 Å². The molecule has 0 saturated heterocycles. The Morgan fingerprint density at radius 1 is 1.11 bits per heavy atom. The molecular weight excluding hydrogens is 240 g/mol. The van der Waals surface area contributed by atoms with E-state index in [0.717, 1.165) is 11.3 Å². The van der Waals surface area contributed by atoms with Crippen LogP contribution >= 0.6 is 0 Å². The normalized spacial score (nSPS) is 12.8. The molecule has 0 fully saturated rings. The van der Waals surface area contributed by atoms with Crippen LogP contribution in [-0.2, 0) is 4.74 Å². The summed E-state index contributed by atoms with van der Waals surface area (Å²) in [5, 5.41) is 0.199. The van der Waals surface area contributed by atoms with Crippen LogP contribution in [0.2, 0.25) is 18.1 Å². The fourth-order valence-corrected chi connectivity index (χ4v) is 2.32. The topological polar surface area (TPSA) is 18.5 Å². The molecule has 3 heteroatoms. The molecule has 0 N–H and O–H groups in total. The Morgan fingerprint density at radius 3 is 2.28 bits per heavy atom. The van der Waals surface area contributed by atoms with Gasteiger partial charge in [-0.2, -0.15) is 0 Å². The second-order valence-electron chi connectivity index (χ2n) is 5.94. The summed E-state index contributed by atoms with van der Waals surface area (Å²) in [4.78, 5) is 0. The SMILES string of the molecule is CO/C=C/c1ccccc1O[Si](C)(C)C(C)(C)C. The van der Waals surface area contributed by atoms with Crippen LogP contribution in [0.1, 0.15) is 26.3 Å². The molecule has 0 aliphatic heterocycles. The van der Waals surface area contributed by atoms with Crippen molar-refractivity contribution >= 4 is 14.4 Å². The number of benzene rings is 1. The third-order valence-corrected chi connectivity index (χ3v) is 7.82. The van der Waals surface area contributed by atoms with Gasteiger partial charge in [-0.15, -0.1) is 0 Å². The third-order valence-electron chi connectivity index (χ3n) is 3.47. The molecule has 0 saturated carbocycles. The molecule has 0 bridgehead atoms. The van der Waals surface area contributed by atoms with E-state index in [-0.39, 0.29) is 5.04 Å². The van der Waals surface area contributed by atoms with Crippen LogP contribution in [-0.4, -0.2) is 15.4 Å². The van der Waals surface area contributed by atoms with E-state index in [1.165, 1.54) is 0 Å². The Hall–Kier alpha value is -1.22. The second-order valence-corrected chi connectivity index (χ2v) is 10.7. The lowest BCUT2D eigenvalue weighted by Gasteiger charge is -2.36. The molecule has 0 radical (unpaired) electrons. The number of ether oxygens (including phenoxy) is 1. The van der Waals surface area contributed by atoms with Crippen LogP contribution in [0.4, 0.5) is 0 Å². The van der Waals surface area contributed by atoms with Crippen molar-refractivity contribution in [2.24, 2.45) is 0 Å². The van der Waals surface area contributed by atoms with Crippen LogP contribution in [0.5, 0.6) is 5.75 Å². The molecule has 0 aliphatic rings. The van der Waals surface area contributed by atoms with E-state index in [1.807, 2.05) is 30.3 Å². The van der Waals surface area contributed by atoms with E-state index in [2.05, 4.69) is 33.9 Å². The summed E-state index contributed by atoms with van der Waals surface area (Å²) in [6, 6.07) is 8.08. The number of hydrogen-bond donors (Lipinski definition) is 0. The van der Waals surface area contributed by atoms with Crippen LogP contribution in [0, 0.1) is 0 Å². The summed E-state index contributed by atoms with van der Waals surface area (Å²) >= 11 is 0. The van der Waals surface area contributed by atoms with Crippen molar-refractivity contribution in [1.82, 2.24) is 0 Å². The van der Waals surface area contributed by atoms with E-state index in [0.29, 0.717) is 0 Å². The molecule has 0 spiro atoms. The van der Waals surface area contributed by atoms with Crippen LogP contribution < -0.4 is 4.43 Å². The molecule has 2 nitrogen and oxygen atoms in total. The lowest BCUT2D eigenvalue weighted by atomic mass is 10.2. The maximum atomic E-state index is 6.33. The predicted molar refractivity (Wildman–Crippen MR) is 80.3 cm³/mol. The minimum absolute atomic E-state index is 0.199. The van der Waals surface area contributed by atoms with Crippen molar-refractivity contribution in [1.29, 1.82) is 0 Å². The molecule has 0 aliphatic carbocycles. The highest BCUT2D eigenvalue weighted by Crippen LogP contribution is 2.38. The van der Waals surface area contributed by atoms with Crippen molar-refractivity contribution in [3.05, 3.63) is 36.1 Å². The van der Waals surface area contributed by atoms with Gasteiger partial charge < -0.3 is 9.16 Å². The Bertz CT molecular complexity index is 417. The summed E-state index contributed by atoms with van der Waals surface area (Å²) < 4.78 is 11.3. The van der Waals surface area contributed by atoms with Gasteiger partial charge in [0.2, 0.25) is 0 Å². The van der Waals surface area contributed by atoms with Gasteiger partial charge in [-0.3, -0.25) is 0 Å². The van der Waals surface area contributed by atoms with Gasteiger partial charge in [0, 0.05) is 5.56 Å². The van der Waals surface area contributed by atoms with Crippen molar-refractivity contribution in [2.45, 2.75) is 38.9 Å². The first-order valence-corrected chi connectivity index (χ1v) is 9.16. The average Bonchev–Trinajstić information content (AvgIpc) is 2.26. The first-order valence-electron chi connectivity index (χ1n) is 6.25. The molecule has 0 heterocycles. The zero-order valence-electron chi connectivity index (χ0n) is 12.3. The number of para-hydroxylation sites is 1. The number of methoxy groups -OCH3 is 1. The highest BCUT2D eigenvalue weighted by Gasteiger charge is 2.39. The van der Waals surface area contributed by atoms with Gasteiger partial charge >= 0.3 is 0 Å². The maximum absolute atomic E-state index is 6.33.